The van der Waals surface area contributed by atoms with Crippen LogP contribution in [0.25, 0.3) is 0 Å². The second kappa shape index (κ2) is 6.13. The summed E-state index contributed by atoms with van der Waals surface area (Å²) >= 11 is 0. The van der Waals surface area contributed by atoms with Gasteiger partial charge in [-0.3, -0.25) is 4.52 Å². The zero-order valence-electron chi connectivity index (χ0n) is 9.93. The Labute approximate surface area is 115 Å². The van der Waals surface area contributed by atoms with Crippen LogP contribution in [0.2, 0.25) is 0 Å². The summed E-state index contributed by atoms with van der Waals surface area (Å²) in [6, 6.07) is 0. The van der Waals surface area contributed by atoms with Crippen LogP contribution in [-0.2, 0) is 9.09 Å². The summed E-state index contributed by atoms with van der Waals surface area (Å²) in [7, 11) is -6.41. The second-order valence-corrected chi connectivity index (χ2v) is 5.25. The second-order valence-electron chi connectivity index (χ2n) is 4.08. The highest BCUT2D eigenvalue weighted by molar-refractivity contribution is 7.46. The first-order chi connectivity index (χ1) is 9.31. The number of phosphoric ester groups is 1. The van der Waals surface area contributed by atoms with Gasteiger partial charge in [-0.1, -0.05) is 0 Å². The maximum absolute atomic E-state index is 13.2. The van der Waals surface area contributed by atoms with Gasteiger partial charge in [-0.25, -0.2) is 13.3 Å². The zero-order valence-corrected chi connectivity index (χ0v) is 10.8. The van der Waals surface area contributed by atoms with Crippen molar-refractivity contribution in [3.8, 4) is 0 Å². The minimum Gasteiger partial charge on any atom is -0.303 e. The van der Waals surface area contributed by atoms with Gasteiger partial charge in [0, 0.05) is 0 Å². The Bertz CT molecular complexity index is 408. The summed E-state index contributed by atoms with van der Waals surface area (Å²) in [5.74, 6) is -6.15. The Balaban J connectivity index is 6.20. The molecule has 0 aliphatic rings. The molecule has 0 amide bonds. The predicted octanol–water partition coefficient (Wildman–Crippen LogP) is 3.64. The summed E-state index contributed by atoms with van der Waals surface area (Å²) in [6.07, 6.45) is -23.7. The Morgan fingerprint density at radius 3 is 1.36 bits per heavy atom. The van der Waals surface area contributed by atoms with Crippen molar-refractivity contribution in [3.63, 3.8) is 0 Å². The van der Waals surface area contributed by atoms with Gasteiger partial charge in [0.1, 0.15) is 0 Å². The SMILES string of the molecule is O=P(O)(O)OC(CC(F)(F)F)(CC(F)(F)F)C(F)(F)C(F)F. The van der Waals surface area contributed by atoms with Gasteiger partial charge < -0.3 is 9.79 Å². The monoisotopic (exact) mass is 376 g/mol. The predicted molar refractivity (Wildman–Crippen MR) is 48.2 cm³/mol. The van der Waals surface area contributed by atoms with Crippen molar-refractivity contribution < 1.29 is 62.8 Å². The average Bonchev–Trinajstić information content (AvgIpc) is 2.07. The molecule has 0 unspecified atom stereocenters. The van der Waals surface area contributed by atoms with Gasteiger partial charge in [0.25, 0.3) is 0 Å². The van der Waals surface area contributed by atoms with Crippen molar-refractivity contribution in [1.82, 2.24) is 0 Å². The van der Waals surface area contributed by atoms with Crippen LogP contribution in [0.1, 0.15) is 12.8 Å². The van der Waals surface area contributed by atoms with Crippen molar-refractivity contribution in [3.05, 3.63) is 0 Å². The fourth-order valence-corrected chi connectivity index (χ4v) is 2.20. The lowest BCUT2D eigenvalue weighted by molar-refractivity contribution is -0.299. The van der Waals surface area contributed by atoms with Crippen LogP contribution < -0.4 is 0 Å². The van der Waals surface area contributed by atoms with Crippen molar-refractivity contribution in [2.75, 3.05) is 0 Å². The third-order valence-electron chi connectivity index (χ3n) is 2.15. The Hall–Kier alpha value is -0.590. The molecule has 0 aromatic heterocycles. The number of alkyl halides is 10. The first kappa shape index (κ1) is 21.4. The summed E-state index contributed by atoms with van der Waals surface area (Å²) in [6.45, 7) is 0. The van der Waals surface area contributed by atoms with Gasteiger partial charge in [-0.2, -0.15) is 35.1 Å². The summed E-state index contributed by atoms with van der Waals surface area (Å²) in [5.41, 5.74) is -5.23. The minimum atomic E-state index is -6.41. The number of halogens is 10. The van der Waals surface area contributed by atoms with Crippen LogP contribution in [0.3, 0.4) is 0 Å². The van der Waals surface area contributed by atoms with E-state index in [1.165, 1.54) is 0 Å². The van der Waals surface area contributed by atoms with E-state index in [4.69, 9.17) is 9.79 Å². The highest BCUT2D eigenvalue weighted by Crippen LogP contribution is 2.56. The van der Waals surface area contributed by atoms with E-state index in [1.54, 1.807) is 0 Å². The van der Waals surface area contributed by atoms with Gasteiger partial charge in [-0.15, -0.1) is 0 Å². The highest BCUT2D eigenvalue weighted by atomic mass is 31.2. The third-order valence-corrected chi connectivity index (χ3v) is 2.73. The highest BCUT2D eigenvalue weighted by Gasteiger charge is 2.69. The fraction of sp³-hybridized carbons (Fsp3) is 1.00. The molecule has 4 nitrogen and oxygen atoms in total. The molecule has 15 heteroatoms. The van der Waals surface area contributed by atoms with E-state index in [-0.39, 0.29) is 0 Å². The standard InChI is InChI=1S/C7H7F10O4P/c8-3(9)7(16,17)4(1-5(10,11)12,2-6(13,14)15)21-22(18,19)20/h3H,1-2H2,(H2,18,19,20). The lowest BCUT2D eigenvalue weighted by atomic mass is 9.87. The molecule has 0 atom stereocenters. The molecule has 0 aromatic rings. The van der Waals surface area contributed by atoms with E-state index >= 15 is 0 Å². The molecule has 0 radical (unpaired) electrons. The lowest BCUT2D eigenvalue weighted by Gasteiger charge is -2.40. The topological polar surface area (TPSA) is 66.8 Å². The maximum Gasteiger partial charge on any atom is 0.470 e. The Morgan fingerprint density at radius 2 is 1.18 bits per heavy atom. The molecule has 134 valence electrons. The summed E-state index contributed by atoms with van der Waals surface area (Å²) in [5, 5.41) is 0. The average molecular weight is 376 g/mol. The van der Waals surface area contributed by atoms with Crippen LogP contribution in [-0.4, -0.2) is 40.1 Å². The molecule has 0 aliphatic carbocycles. The molecular formula is C7H7F10O4P. The van der Waals surface area contributed by atoms with Crippen LogP contribution in [0.5, 0.6) is 0 Å². The van der Waals surface area contributed by atoms with Crippen molar-refractivity contribution in [2.24, 2.45) is 0 Å². The molecule has 0 heterocycles. The maximum atomic E-state index is 13.2. The minimum absolute atomic E-state index is 2.90. The Morgan fingerprint density at radius 1 is 0.864 bits per heavy atom. The first-order valence-corrected chi connectivity index (χ1v) is 6.40. The number of rotatable bonds is 6. The van der Waals surface area contributed by atoms with Crippen molar-refractivity contribution in [1.29, 1.82) is 0 Å². The normalized spacial score (nSPS) is 15.5. The number of hydrogen-bond donors (Lipinski definition) is 2. The molecule has 22 heavy (non-hydrogen) atoms. The summed E-state index contributed by atoms with van der Waals surface area (Å²) in [4.78, 5) is 16.5. The van der Waals surface area contributed by atoms with E-state index < -0.39 is 51.0 Å². The first-order valence-electron chi connectivity index (χ1n) is 4.87. The van der Waals surface area contributed by atoms with Gasteiger partial charge >= 0.3 is 32.5 Å². The van der Waals surface area contributed by atoms with Crippen LogP contribution in [0.4, 0.5) is 43.9 Å². The summed E-state index contributed by atoms with van der Waals surface area (Å²) < 4.78 is 138. The largest absolute Gasteiger partial charge is 0.470 e. The third kappa shape index (κ3) is 6.26. The quantitative estimate of drug-likeness (QED) is 0.549. The fourth-order valence-electron chi connectivity index (χ4n) is 1.50. The molecule has 0 aliphatic heterocycles. The molecule has 0 rings (SSSR count). The van der Waals surface area contributed by atoms with Crippen molar-refractivity contribution >= 4 is 7.82 Å². The molecule has 0 fully saturated rings. The number of hydrogen-bond acceptors (Lipinski definition) is 2. The van der Waals surface area contributed by atoms with Crippen LogP contribution in [0, 0.1) is 0 Å². The Kier molecular flexibility index (Phi) is 5.97. The number of phosphoric acid groups is 1. The van der Waals surface area contributed by atoms with Crippen LogP contribution in [0.15, 0.2) is 0 Å². The van der Waals surface area contributed by atoms with Crippen LogP contribution >= 0.6 is 7.82 Å². The van der Waals surface area contributed by atoms with Gasteiger partial charge in [0.15, 0.2) is 5.60 Å². The molecule has 0 bridgehead atoms. The van der Waals surface area contributed by atoms with Crippen molar-refractivity contribution in [2.45, 2.75) is 43.1 Å². The van der Waals surface area contributed by atoms with E-state index in [2.05, 4.69) is 4.52 Å². The molecular weight excluding hydrogens is 369 g/mol. The van der Waals surface area contributed by atoms with E-state index in [9.17, 15) is 48.5 Å². The van der Waals surface area contributed by atoms with Gasteiger partial charge in [0.2, 0.25) is 0 Å². The molecule has 0 aromatic carbocycles. The molecule has 2 N–H and O–H groups in total. The van der Waals surface area contributed by atoms with E-state index in [0.717, 1.165) is 0 Å². The van der Waals surface area contributed by atoms with Gasteiger partial charge in [-0.05, 0) is 0 Å². The van der Waals surface area contributed by atoms with E-state index in [0.29, 0.717) is 0 Å². The van der Waals surface area contributed by atoms with Gasteiger partial charge in [0.05, 0.1) is 12.8 Å². The molecule has 0 saturated carbocycles. The lowest BCUT2D eigenvalue weighted by Crippen LogP contribution is -2.58. The smallest absolute Gasteiger partial charge is 0.303 e. The zero-order chi connectivity index (χ0) is 18.2. The molecule has 0 saturated heterocycles. The molecule has 0 spiro atoms. The van der Waals surface area contributed by atoms with E-state index in [1.807, 2.05) is 0 Å².